The van der Waals surface area contributed by atoms with Crippen LogP contribution in [0, 0.1) is 32.6 Å². The second-order valence-electron chi connectivity index (χ2n) is 7.59. The fourth-order valence-corrected chi connectivity index (χ4v) is 3.22. The van der Waals surface area contributed by atoms with Crippen molar-refractivity contribution in [2.45, 2.75) is 54.1 Å². The molecule has 0 amide bonds. The molecule has 1 unspecified atom stereocenters. The molecule has 0 radical (unpaired) electrons. The molecule has 2 N–H and O–H groups in total. The predicted octanol–water partition coefficient (Wildman–Crippen LogP) is 3.69. The largest absolute Gasteiger partial charge is 0.481 e. The van der Waals surface area contributed by atoms with E-state index in [2.05, 4.69) is 62.4 Å². The molecule has 0 saturated heterocycles. The smallest absolute Gasteiger partial charge is 0.307 e. The van der Waals surface area contributed by atoms with Crippen molar-refractivity contribution in [3.63, 3.8) is 0 Å². The van der Waals surface area contributed by atoms with Gasteiger partial charge in [-0.1, -0.05) is 43.7 Å². The second-order valence-corrected chi connectivity index (χ2v) is 7.59. The molecule has 0 saturated carbocycles. The topological polar surface area (TPSA) is 67.2 Å². The lowest BCUT2D eigenvalue weighted by Crippen LogP contribution is -2.29. The van der Waals surface area contributed by atoms with Crippen molar-refractivity contribution in [1.82, 2.24) is 15.1 Å². The van der Waals surface area contributed by atoms with Gasteiger partial charge in [0.15, 0.2) is 0 Å². The van der Waals surface area contributed by atoms with E-state index in [1.165, 1.54) is 11.1 Å². The third-order valence-corrected chi connectivity index (χ3v) is 4.78. The first-order valence-corrected chi connectivity index (χ1v) is 9.29. The van der Waals surface area contributed by atoms with Gasteiger partial charge in [0.1, 0.15) is 0 Å². The van der Waals surface area contributed by atoms with E-state index in [-0.39, 0.29) is 5.92 Å². The van der Waals surface area contributed by atoms with Gasteiger partial charge in [-0.25, -0.2) is 0 Å². The number of aromatic nitrogens is 2. The van der Waals surface area contributed by atoms with Gasteiger partial charge in [0, 0.05) is 24.3 Å². The number of carboxylic acid groups (broad SMARTS) is 1. The lowest BCUT2D eigenvalue weighted by atomic mass is 9.97. The molecule has 0 aliphatic heterocycles. The minimum atomic E-state index is -0.727. The molecule has 2 aromatic rings. The first-order valence-electron chi connectivity index (χ1n) is 9.29. The van der Waals surface area contributed by atoms with Crippen LogP contribution in [0.5, 0.6) is 0 Å². The van der Waals surface area contributed by atoms with Crippen LogP contribution >= 0.6 is 0 Å². The summed E-state index contributed by atoms with van der Waals surface area (Å²) in [6.45, 7) is 12.2. The lowest BCUT2D eigenvalue weighted by Gasteiger charge is -2.15. The summed E-state index contributed by atoms with van der Waals surface area (Å²) in [5.74, 6) is -0.702. The summed E-state index contributed by atoms with van der Waals surface area (Å²) in [7, 11) is 0. The minimum Gasteiger partial charge on any atom is -0.481 e. The summed E-state index contributed by atoms with van der Waals surface area (Å²) < 4.78 is 2.03. The standard InChI is InChI=1S/C21H31N3O2/c1-14(2)10-19(21(25)26)11-22-12-20-16(4)23-24(17(20)5)13-18-8-6-15(3)7-9-18/h6-9,14,19,22H,10-13H2,1-5H3,(H,25,26). The average molecular weight is 357 g/mol. The third-order valence-electron chi connectivity index (χ3n) is 4.78. The Balaban J connectivity index is 2.00. The van der Waals surface area contributed by atoms with Crippen molar-refractivity contribution < 1.29 is 9.90 Å². The summed E-state index contributed by atoms with van der Waals surface area (Å²) in [4.78, 5) is 11.4. The molecule has 1 aromatic heterocycles. The number of nitrogens with one attached hydrogen (secondary N) is 1. The van der Waals surface area contributed by atoms with Crippen LogP contribution in [-0.4, -0.2) is 27.4 Å². The molecule has 1 aromatic carbocycles. The molecule has 0 spiro atoms. The van der Waals surface area contributed by atoms with E-state index in [0.29, 0.717) is 25.4 Å². The van der Waals surface area contributed by atoms with Crippen molar-refractivity contribution in [3.8, 4) is 0 Å². The number of carbonyl (C=O) groups is 1. The van der Waals surface area contributed by atoms with Crippen LogP contribution in [0.3, 0.4) is 0 Å². The number of nitrogens with zero attached hydrogens (tertiary/aromatic N) is 2. The Kier molecular flexibility index (Phi) is 6.98. The maximum Gasteiger partial charge on any atom is 0.307 e. The zero-order chi connectivity index (χ0) is 19.3. The van der Waals surface area contributed by atoms with E-state index in [9.17, 15) is 9.90 Å². The number of aryl methyl sites for hydroxylation is 2. The van der Waals surface area contributed by atoms with Gasteiger partial charge in [-0.3, -0.25) is 9.48 Å². The fraction of sp³-hybridized carbons (Fsp3) is 0.524. The van der Waals surface area contributed by atoms with Gasteiger partial charge in [0.05, 0.1) is 18.2 Å². The Morgan fingerprint density at radius 3 is 2.42 bits per heavy atom. The Hall–Kier alpha value is -2.14. The quantitative estimate of drug-likeness (QED) is 0.718. The summed E-state index contributed by atoms with van der Waals surface area (Å²) in [5, 5.41) is 17.3. The van der Waals surface area contributed by atoms with Crippen molar-refractivity contribution in [2.75, 3.05) is 6.54 Å². The molecule has 1 heterocycles. The maximum atomic E-state index is 11.4. The molecular formula is C21H31N3O2. The van der Waals surface area contributed by atoms with E-state index in [0.717, 1.165) is 23.5 Å². The van der Waals surface area contributed by atoms with Gasteiger partial charge in [-0.2, -0.15) is 5.10 Å². The summed E-state index contributed by atoms with van der Waals surface area (Å²) in [5.41, 5.74) is 5.76. The zero-order valence-corrected chi connectivity index (χ0v) is 16.5. The van der Waals surface area contributed by atoms with Gasteiger partial charge in [0.25, 0.3) is 0 Å². The molecule has 0 fully saturated rings. The van der Waals surface area contributed by atoms with E-state index in [1.807, 2.05) is 11.6 Å². The highest BCUT2D eigenvalue weighted by molar-refractivity contribution is 5.70. The molecule has 2 rings (SSSR count). The molecular weight excluding hydrogens is 326 g/mol. The number of rotatable bonds is 9. The molecule has 26 heavy (non-hydrogen) atoms. The summed E-state index contributed by atoms with van der Waals surface area (Å²) in [6, 6.07) is 8.49. The first-order chi connectivity index (χ1) is 12.3. The number of hydrogen-bond donors (Lipinski definition) is 2. The Bertz CT molecular complexity index is 732. The van der Waals surface area contributed by atoms with Crippen LogP contribution in [-0.2, 0) is 17.9 Å². The van der Waals surface area contributed by atoms with E-state index in [4.69, 9.17) is 0 Å². The molecule has 5 heteroatoms. The normalized spacial score (nSPS) is 12.5. The second kappa shape index (κ2) is 8.99. The number of hydrogen-bond acceptors (Lipinski definition) is 3. The van der Waals surface area contributed by atoms with Crippen LogP contribution in [0.4, 0.5) is 0 Å². The molecule has 0 bridgehead atoms. The van der Waals surface area contributed by atoms with Crippen LogP contribution < -0.4 is 5.32 Å². The molecule has 0 aliphatic rings. The third kappa shape index (κ3) is 5.43. The lowest BCUT2D eigenvalue weighted by molar-refractivity contribution is -0.142. The van der Waals surface area contributed by atoms with Crippen molar-refractivity contribution in [1.29, 1.82) is 0 Å². The monoisotopic (exact) mass is 357 g/mol. The molecule has 1 atom stereocenters. The highest BCUT2D eigenvalue weighted by Gasteiger charge is 2.19. The fourth-order valence-electron chi connectivity index (χ4n) is 3.22. The van der Waals surface area contributed by atoms with Gasteiger partial charge in [0.2, 0.25) is 0 Å². The predicted molar refractivity (Wildman–Crippen MR) is 104 cm³/mol. The molecule has 5 nitrogen and oxygen atoms in total. The van der Waals surface area contributed by atoms with Crippen molar-refractivity contribution in [2.24, 2.45) is 11.8 Å². The highest BCUT2D eigenvalue weighted by atomic mass is 16.4. The number of aliphatic carboxylic acids is 1. The van der Waals surface area contributed by atoms with Crippen molar-refractivity contribution in [3.05, 3.63) is 52.3 Å². The van der Waals surface area contributed by atoms with E-state index >= 15 is 0 Å². The summed E-state index contributed by atoms with van der Waals surface area (Å²) in [6.07, 6.45) is 0.687. The van der Waals surface area contributed by atoms with E-state index in [1.54, 1.807) is 0 Å². The Morgan fingerprint density at radius 2 is 1.85 bits per heavy atom. The number of benzene rings is 1. The van der Waals surface area contributed by atoms with Crippen LogP contribution in [0.2, 0.25) is 0 Å². The Morgan fingerprint density at radius 1 is 1.19 bits per heavy atom. The maximum absolute atomic E-state index is 11.4. The van der Waals surface area contributed by atoms with Crippen LogP contribution in [0.25, 0.3) is 0 Å². The first kappa shape index (κ1) is 20.2. The average Bonchev–Trinajstić information content (AvgIpc) is 2.82. The van der Waals surface area contributed by atoms with Crippen LogP contribution in [0.15, 0.2) is 24.3 Å². The van der Waals surface area contributed by atoms with Gasteiger partial charge in [-0.15, -0.1) is 0 Å². The minimum absolute atomic E-state index is 0.349. The van der Waals surface area contributed by atoms with Crippen molar-refractivity contribution >= 4 is 5.97 Å². The Labute approximate surface area is 156 Å². The van der Waals surface area contributed by atoms with Gasteiger partial charge in [-0.05, 0) is 38.7 Å². The molecule has 142 valence electrons. The SMILES string of the molecule is Cc1ccc(Cn2nc(C)c(CNCC(CC(C)C)C(=O)O)c2C)cc1. The highest BCUT2D eigenvalue weighted by Crippen LogP contribution is 2.16. The van der Waals surface area contributed by atoms with E-state index < -0.39 is 5.97 Å². The van der Waals surface area contributed by atoms with Gasteiger partial charge >= 0.3 is 5.97 Å². The van der Waals surface area contributed by atoms with Gasteiger partial charge < -0.3 is 10.4 Å². The zero-order valence-electron chi connectivity index (χ0n) is 16.5. The number of carboxylic acids is 1. The molecule has 0 aliphatic carbocycles. The summed E-state index contributed by atoms with van der Waals surface area (Å²) >= 11 is 0. The van der Waals surface area contributed by atoms with Crippen LogP contribution in [0.1, 0.15) is 48.3 Å².